The van der Waals surface area contributed by atoms with Crippen LogP contribution in [0, 0.1) is 11.6 Å². The number of hydrogen-bond donors (Lipinski definition) is 2. The number of anilines is 1. The van der Waals surface area contributed by atoms with Crippen molar-refractivity contribution in [1.82, 2.24) is 9.62 Å². The summed E-state index contributed by atoms with van der Waals surface area (Å²) in [6, 6.07) is 8.67. The lowest BCUT2D eigenvalue weighted by molar-refractivity contribution is 0.0785. The van der Waals surface area contributed by atoms with Crippen molar-refractivity contribution >= 4 is 39.5 Å². The van der Waals surface area contributed by atoms with Gasteiger partial charge in [0.15, 0.2) is 0 Å². The molecule has 0 spiro atoms. The van der Waals surface area contributed by atoms with Gasteiger partial charge in [0, 0.05) is 25.2 Å². The van der Waals surface area contributed by atoms with Crippen molar-refractivity contribution < 1.29 is 22.0 Å². The summed E-state index contributed by atoms with van der Waals surface area (Å²) < 4.78 is 62.9. The van der Waals surface area contributed by atoms with E-state index >= 15 is 0 Å². The van der Waals surface area contributed by atoms with Gasteiger partial charge in [-0.05, 0) is 30.4 Å². The summed E-state index contributed by atoms with van der Waals surface area (Å²) in [6.45, 7) is -0.120. The molecule has 1 aliphatic heterocycles. The van der Waals surface area contributed by atoms with Crippen LogP contribution in [-0.2, 0) is 16.6 Å². The summed E-state index contributed by atoms with van der Waals surface area (Å²) in [7, 11) is -2.56. The Bertz CT molecular complexity index is 1280. The van der Waals surface area contributed by atoms with Gasteiger partial charge in [-0.1, -0.05) is 24.3 Å². The first-order valence-corrected chi connectivity index (χ1v) is 11.7. The van der Waals surface area contributed by atoms with Gasteiger partial charge >= 0.3 is 0 Å². The van der Waals surface area contributed by atoms with Gasteiger partial charge in [-0.3, -0.25) is 9.52 Å². The van der Waals surface area contributed by atoms with Crippen LogP contribution < -0.4 is 9.44 Å². The predicted molar refractivity (Wildman–Crippen MR) is 120 cm³/mol. The number of carbonyl (C=O) groups is 1. The lowest BCUT2D eigenvalue weighted by Gasteiger charge is -2.22. The second-order valence-electron chi connectivity index (χ2n) is 7.13. The molecule has 1 unspecified atom stereocenters. The van der Waals surface area contributed by atoms with E-state index in [2.05, 4.69) is 13.8 Å². The van der Waals surface area contributed by atoms with Crippen LogP contribution in [0.25, 0.3) is 0 Å². The first-order valence-electron chi connectivity index (χ1n) is 9.45. The molecule has 11 heteroatoms. The number of benzene rings is 2. The Morgan fingerprint density at radius 2 is 2.03 bits per heavy atom. The van der Waals surface area contributed by atoms with Gasteiger partial charge in [0.05, 0.1) is 40.0 Å². The lowest BCUT2D eigenvalue weighted by Crippen LogP contribution is -2.36. The zero-order chi connectivity index (χ0) is 22.9. The number of allylic oxidation sites excluding steroid dienone is 2. The second kappa shape index (κ2) is 8.85. The van der Waals surface area contributed by atoms with Gasteiger partial charge in [0.2, 0.25) is 0 Å². The third-order valence-corrected chi connectivity index (χ3v) is 7.04. The highest BCUT2D eigenvalue weighted by Crippen LogP contribution is 2.28. The fourth-order valence-corrected chi connectivity index (χ4v) is 5.39. The maximum absolute atomic E-state index is 14.0. The molecule has 2 aliphatic rings. The zero-order valence-corrected chi connectivity index (χ0v) is 18.4. The van der Waals surface area contributed by atoms with E-state index in [1.807, 2.05) is 0 Å². The minimum atomic E-state index is -4.01. The lowest BCUT2D eigenvalue weighted by atomic mass is 10.1. The summed E-state index contributed by atoms with van der Waals surface area (Å²) in [6.07, 6.45) is 4.79. The van der Waals surface area contributed by atoms with Crippen molar-refractivity contribution in [3.8, 4) is 0 Å². The van der Waals surface area contributed by atoms with Crippen LogP contribution in [0.3, 0.4) is 0 Å². The predicted octanol–water partition coefficient (Wildman–Crippen LogP) is 3.41. The number of nitrogens with zero attached hydrogens (tertiary/aromatic N) is 2. The van der Waals surface area contributed by atoms with Gasteiger partial charge in [0.25, 0.3) is 15.9 Å². The third-order valence-electron chi connectivity index (χ3n) is 4.91. The van der Waals surface area contributed by atoms with Gasteiger partial charge in [0.1, 0.15) is 11.6 Å². The van der Waals surface area contributed by atoms with Gasteiger partial charge in [-0.25, -0.2) is 26.3 Å². The van der Waals surface area contributed by atoms with Crippen molar-refractivity contribution in [3.63, 3.8) is 0 Å². The quantitative estimate of drug-likeness (QED) is 0.624. The fourth-order valence-electron chi connectivity index (χ4n) is 3.30. The van der Waals surface area contributed by atoms with Crippen LogP contribution in [-0.4, -0.2) is 38.0 Å². The maximum atomic E-state index is 14.0. The molecule has 4 rings (SSSR count). The molecule has 0 bridgehead atoms. The largest absolute Gasteiger partial charge is 0.337 e. The van der Waals surface area contributed by atoms with E-state index in [4.69, 9.17) is 0 Å². The molecule has 2 aromatic carbocycles. The van der Waals surface area contributed by atoms with E-state index in [9.17, 15) is 22.0 Å². The van der Waals surface area contributed by atoms with Crippen LogP contribution in [0.5, 0.6) is 0 Å². The van der Waals surface area contributed by atoms with Crippen molar-refractivity contribution in [2.45, 2.75) is 12.6 Å². The average Bonchev–Trinajstić information content (AvgIpc) is 3.24. The van der Waals surface area contributed by atoms with E-state index in [-0.39, 0.29) is 28.3 Å². The van der Waals surface area contributed by atoms with Gasteiger partial charge in [-0.2, -0.15) is 0 Å². The van der Waals surface area contributed by atoms with Crippen LogP contribution in [0.15, 0.2) is 70.0 Å². The Kier molecular flexibility index (Phi) is 6.13. The standard InChI is InChI=1S/C21H18F2N4O3S2/c1-27(12-13-9-10-14(22)11-16(13)23)21(28)15-5-2-3-6-17(15)26-32(29,30)19-8-4-7-18-20(19)25-31-24-18/h2-11,20,25-26H,12H2,1H3. The van der Waals surface area contributed by atoms with Crippen molar-refractivity contribution in [1.29, 1.82) is 0 Å². The molecule has 32 heavy (non-hydrogen) atoms. The highest BCUT2D eigenvalue weighted by molar-refractivity contribution is 7.97. The van der Waals surface area contributed by atoms with Crippen molar-refractivity contribution in [2.75, 3.05) is 11.8 Å². The minimum absolute atomic E-state index is 0.0766. The Morgan fingerprint density at radius 1 is 1.25 bits per heavy atom. The number of para-hydroxylation sites is 1. The first-order chi connectivity index (χ1) is 15.3. The SMILES string of the molecule is CN(Cc1ccc(F)cc1F)C(=O)c1ccccc1NS(=O)(=O)C1=CC=CC2=NSNC12. The molecule has 0 aromatic heterocycles. The summed E-state index contributed by atoms with van der Waals surface area (Å²) in [5.41, 5.74) is 0.901. The molecule has 166 valence electrons. The number of rotatable bonds is 6. The van der Waals surface area contributed by atoms with E-state index in [1.165, 1.54) is 36.2 Å². The van der Waals surface area contributed by atoms with Crippen LogP contribution >= 0.6 is 12.1 Å². The molecule has 0 radical (unpaired) electrons. The molecule has 0 saturated heterocycles. The average molecular weight is 477 g/mol. The van der Waals surface area contributed by atoms with E-state index < -0.39 is 33.6 Å². The summed E-state index contributed by atoms with van der Waals surface area (Å²) in [5.74, 6) is -2.01. The molecule has 2 N–H and O–H groups in total. The Balaban J connectivity index is 1.57. The molecule has 0 fully saturated rings. The molecule has 1 atom stereocenters. The number of sulfonamides is 1. The monoisotopic (exact) mass is 476 g/mol. The molecule has 0 saturated carbocycles. The van der Waals surface area contributed by atoms with Crippen LogP contribution in [0.2, 0.25) is 0 Å². The van der Waals surface area contributed by atoms with Gasteiger partial charge in [-0.15, -0.1) is 0 Å². The van der Waals surface area contributed by atoms with Crippen LogP contribution in [0.1, 0.15) is 15.9 Å². The molecule has 1 amide bonds. The Hall–Kier alpha value is -3.02. The number of hydrogen-bond acceptors (Lipinski definition) is 6. The van der Waals surface area contributed by atoms with E-state index in [1.54, 1.807) is 24.3 Å². The topological polar surface area (TPSA) is 90.9 Å². The fraction of sp³-hybridized carbons (Fsp3) is 0.143. The number of fused-ring (bicyclic) bond motifs is 1. The minimum Gasteiger partial charge on any atom is -0.337 e. The summed E-state index contributed by atoms with van der Waals surface area (Å²) in [4.78, 5) is 14.3. The third kappa shape index (κ3) is 4.45. The summed E-state index contributed by atoms with van der Waals surface area (Å²) >= 11 is 1.06. The highest BCUT2D eigenvalue weighted by atomic mass is 32.2. The van der Waals surface area contributed by atoms with Crippen molar-refractivity contribution in [2.24, 2.45) is 4.40 Å². The smallest absolute Gasteiger partial charge is 0.260 e. The molecule has 1 aliphatic carbocycles. The highest BCUT2D eigenvalue weighted by Gasteiger charge is 2.34. The Morgan fingerprint density at radius 3 is 2.81 bits per heavy atom. The van der Waals surface area contributed by atoms with Crippen molar-refractivity contribution in [3.05, 3.63) is 88.4 Å². The van der Waals surface area contributed by atoms with E-state index in [0.717, 1.165) is 24.3 Å². The Labute approximate surface area is 188 Å². The molecule has 7 nitrogen and oxygen atoms in total. The summed E-state index contributed by atoms with van der Waals surface area (Å²) in [5, 5.41) is 0. The molecular weight excluding hydrogens is 458 g/mol. The zero-order valence-electron chi connectivity index (χ0n) is 16.7. The number of carbonyl (C=O) groups excluding carboxylic acids is 1. The number of nitrogens with one attached hydrogen (secondary N) is 2. The van der Waals surface area contributed by atoms with E-state index in [0.29, 0.717) is 5.71 Å². The maximum Gasteiger partial charge on any atom is 0.260 e. The van der Waals surface area contributed by atoms with Gasteiger partial charge < -0.3 is 4.90 Å². The second-order valence-corrected chi connectivity index (χ2v) is 9.42. The normalized spacial score (nSPS) is 17.4. The molecule has 2 aromatic rings. The number of amides is 1. The van der Waals surface area contributed by atoms with Crippen LogP contribution in [0.4, 0.5) is 14.5 Å². The first kappa shape index (κ1) is 22.2. The molecular formula is C21H18F2N4O3S2. The number of halogens is 2. The molecule has 1 heterocycles.